The molecule has 0 aliphatic heterocycles. The highest BCUT2D eigenvalue weighted by molar-refractivity contribution is 7.09. The molecule has 0 aliphatic rings. The standard InChI is InChI=1S/C13H26N4S/c1-5-8-12-15-13(18-16-12)14-9-6-7-10-17(4)11(2)3/h11H,5-10H2,1-4H3,(H,14,15,16). The Bertz CT molecular complexity index is 325. The number of rotatable bonds is 9. The van der Waals surface area contributed by atoms with Crippen LogP contribution in [-0.4, -0.2) is 40.4 Å². The number of nitrogens with one attached hydrogen (secondary N) is 1. The number of hydrogen-bond donors (Lipinski definition) is 1. The van der Waals surface area contributed by atoms with E-state index in [0.29, 0.717) is 6.04 Å². The SMILES string of the molecule is CCCc1nsc(NCCCCN(C)C(C)C)n1. The van der Waals surface area contributed by atoms with Crippen LogP contribution < -0.4 is 5.32 Å². The van der Waals surface area contributed by atoms with Gasteiger partial charge in [-0.25, -0.2) is 4.98 Å². The van der Waals surface area contributed by atoms with Gasteiger partial charge in [0.15, 0.2) is 0 Å². The van der Waals surface area contributed by atoms with Crippen LogP contribution in [0.15, 0.2) is 0 Å². The minimum atomic E-state index is 0.637. The van der Waals surface area contributed by atoms with Gasteiger partial charge in [-0.2, -0.15) is 4.37 Å². The maximum atomic E-state index is 4.45. The van der Waals surface area contributed by atoms with Crippen molar-refractivity contribution < 1.29 is 0 Å². The zero-order valence-electron chi connectivity index (χ0n) is 12.1. The normalized spacial score (nSPS) is 11.4. The van der Waals surface area contributed by atoms with E-state index in [4.69, 9.17) is 0 Å². The molecule has 104 valence electrons. The van der Waals surface area contributed by atoms with Gasteiger partial charge in [0.05, 0.1) is 0 Å². The first-order valence-corrected chi connectivity index (χ1v) is 7.67. The molecule has 0 amide bonds. The molecule has 4 nitrogen and oxygen atoms in total. The molecule has 0 fully saturated rings. The van der Waals surface area contributed by atoms with Crippen molar-refractivity contribution in [2.24, 2.45) is 0 Å². The topological polar surface area (TPSA) is 41.1 Å². The first-order valence-electron chi connectivity index (χ1n) is 6.90. The zero-order valence-corrected chi connectivity index (χ0v) is 12.9. The van der Waals surface area contributed by atoms with Gasteiger partial charge in [-0.3, -0.25) is 0 Å². The molecule has 1 N–H and O–H groups in total. The van der Waals surface area contributed by atoms with Crippen molar-refractivity contribution in [3.8, 4) is 0 Å². The molecule has 0 aromatic carbocycles. The van der Waals surface area contributed by atoms with E-state index >= 15 is 0 Å². The van der Waals surface area contributed by atoms with E-state index in [9.17, 15) is 0 Å². The molecular formula is C13H26N4S. The van der Waals surface area contributed by atoms with Crippen molar-refractivity contribution in [1.82, 2.24) is 14.3 Å². The summed E-state index contributed by atoms with van der Waals surface area (Å²) in [5, 5.41) is 4.32. The number of anilines is 1. The van der Waals surface area contributed by atoms with Crippen LogP contribution in [0.5, 0.6) is 0 Å². The monoisotopic (exact) mass is 270 g/mol. The van der Waals surface area contributed by atoms with Crippen molar-refractivity contribution in [2.75, 3.05) is 25.5 Å². The Kier molecular flexibility index (Phi) is 7.20. The Morgan fingerprint density at radius 1 is 1.33 bits per heavy atom. The van der Waals surface area contributed by atoms with E-state index in [1.54, 1.807) is 0 Å². The Morgan fingerprint density at radius 3 is 2.78 bits per heavy atom. The molecule has 18 heavy (non-hydrogen) atoms. The fourth-order valence-electron chi connectivity index (χ4n) is 1.59. The molecule has 0 radical (unpaired) electrons. The molecule has 0 bridgehead atoms. The zero-order chi connectivity index (χ0) is 13.4. The number of unbranched alkanes of at least 4 members (excludes halogenated alkanes) is 1. The fourth-order valence-corrected chi connectivity index (χ4v) is 2.23. The van der Waals surface area contributed by atoms with Crippen LogP contribution in [-0.2, 0) is 6.42 Å². The Labute approximate surface area is 115 Å². The van der Waals surface area contributed by atoms with E-state index < -0.39 is 0 Å². The van der Waals surface area contributed by atoms with Gasteiger partial charge in [0.25, 0.3) is 0 Å². The highest BCUT2D eigenvalue weighted by atomic mass is 32.1. The van der Waals surface area contributed by atoms with Gasteiger partial charge in [-0.15, -0.1) is 0 Å². The molecule has 0 saturated heterocycles. The Hall–Kier alpha value is -0.680. The summed E-state index contributed by atoms with van der Waals surface area (Å²) in [6, 6.07) is 0.637. The van der Waals surface area contributed by atoms with Crippen molar-refractivity contribution >= 4 is 16.7 Å². The van der Waals surface area contributed by atoms with E-state index in [2.05, 4.69) is 47.4 Å². The van der Waals surface area contributed by atoms with Gasteiger partial charge in [0, 0.05) is 30.5 Å². The van der Waals surface area contributed by atoms with Crippen LogP contribution in [0.3, 0.4) is 0 Å². The maximum Gasteiger partial charge on any atom is 0.202 e. The van der Waals surface area contributed by atoms with Crippen LogP contribution in [0, 0.1) is 0 Å². The van der Waals surface area contributed by atoms with E-state index in [1.807, 2.05) is 0 Å². The van der Waals surface area contributed by atoms with Crippen molar-refractivity contribution in [3.63, 3.8) is 0 Å². The van der Waals surface area contributed by atoms with Crippen LogP contribution in [0.4, 0.5) is 5.13 Å². The average molecular weight is 270 g/mol. The summed E-state index contributed by atoms with van der Waals surface area (Å²) >= 11 is 1.48. The third-order valence-corrected chi connectivity index (χ3v) is 3.75. The van der Waals surface area contributed by atoms with Gasteiger partial charge in [-0.05, 0) is 46.7 Å². The maximum absolute atomic E-state index is 4.45. The van der Waals surface area contributed by atoms with Gasteiger partial charge in [-0.1, -0.05) is 6.92 Å². The molecule has 1 aromatic rings. The quantitative estimate of drug-likeness (QED) is 0.700. The summed E-state index contributed by atoms with van der Waals surface area (Å²) in [6.07, 6.45) is 4.50. The molecule has 0 unspecified atom stereocenters. The molecule has 0 aliphatic carbocycles. The summed E-state index contributed by atoms with van der Waals surface area (Å²) in [6.45, 7) is 8.77. The molecule has 0 spiro atoms. The predicted octanol–water partition coefficient (Wildman–Crippen LogP) is 3.02. The summed E-state index contributed by atoms with van der Waals surface area (Å²) in [5.41, 5.74) is 0. The lowest BCUT2D eigenvalue weighted by molar-refractivity contribution is 0.269. The molecule has 1 rings (SSSR count). The lowest BCUT2D eigenvalue weighted by Gasteiger charge is -2.20. The first-order chi connectivity index (χ1) is 8.63. The molecule has 0 atom stereocenters. The first kappa shape index (κ1) is 15.4. The van der Waals surface area contributed by atoms with Crippen LogP contribution in [0.1, 0.15) is 45.9 Å². The minimum absolute atomic E-state index is 0.637. The highest BCUT2D eigenvalue weighted by Gasteiger charge is 2.03. The fraction of sp³-hybridized carbons (Fsp3) is 0.846. The Balaban J connectivity index is 2.10. The van der Waals surface area contributed by atoms with Crippen LogP contribution in [0.2, 0.25) is 0 Å². The van der Waals surface area contributed by atoms with Gasteiger partial charge >= 0.3 is 0 Å². The third kappa shape index (κ3) is 5.78. The van der Waals surface area contributed by atoms with Crippen molar-refractivity contribution in [2.45, 2.75) is 52.5 Å². The Morgan fingerprint density at radius 2 is 2.11 bits per heavy atom. The second-order valence-electron chi connectivity index (χ2n) is 4.97. The average Bonchev–Trinajstić information content (AvgIpc) is 2.76. The summed E-state index contributed by atoms with van der Waals surface area (Å²) in [4.78, 5) is 6.83. The number of nitrogens with zero attached hydrogens (tertiary/aromatic N) is 3. The highest BCUT2D eigenvalue weighted by Crippen LogP contribution is 2.12. The predicted molar refractivity (Wildman–Crippen MR) is 79.4 cm³/mol. The smallest absolute Gasteiger partial charge is 0.202 e. The van der Waals surface area contributed by atoms with Gasteiger partial charge in [0.2, 0.25) is 5.13 Å². The number of aryl methyl sites for hydroxylation is 1. The lowest BCUT2D eigenvalue weighted by Crippen LogP contribution is -2.27. The lowest BCUT2D eigenvalue weighted by atomic mass is 10.2. The third-order valence-electron chi connectivity index (χ3n) is 3.04. The molecule has 1 aromatic heterocycles. The summed E-state index contributed by atoms with van der Waals surface area (Å²) in [7, 11) is 2.18. The van der Waals surface area contributed by atoms with E-state index in [1.165, 1.54) is 24.4 Å². The summed E-state index contributed by atoms with van der Waals surface area (Å²) < 4.78 is 4.32. The molecule has 5 heteroatoms. The van der Waals surface area contributed by atoms with Crippen LogP contribution in [0.25, 0.3) is 0 Å². The van der Waals surface area contributed by atoms with Gasteiger partial charge < -0.3 is 10.2 Å². The van der Waals surface area contributed by atoms with E-state index in [-0.39, 0.29) is 0 Å². The summed E-state index contributed by atoms with van der Waals surface area (Å²) in [5.74, 6) is 0.976. The largest absolute Gasteiger partial charge is 0.360 e. The molecular weight excluding hydrogens is 244 g/mol. The number of aromatic nitrogens is 2. The van der Waals surface area contributed by atoms with E-state index in [0.717, 1.165) is 36.9 Å². The van der Waals surface area contributed by atoms with Gasteiger partial charge in [0.1, 0.15) is 5.82 Å². The minimum Gasteiger partial charge on any atom is -0.360 e. The second-order valence-corrected chi connectivity index (χ2v) is 5.73. The van der Waals surface area contributed by atoms with Crippen molar-refractivity contribution in [3.05, 3.63) is 5.82 Å². The number of hydrogen-bond acceptors (Lipinski definition) is 5. The van der Waals surface area contributed by atoms with Crippen LogP contribution >= 0.6 is 11.5 Å². The van der Waals surface area contributed by atoms with Crippen molar-refractivity contribution in [1.29, 1.82) is 0 Å². The molecule has 0 saturated carbocycles. The second kappa shape index (κ2) is 8.43. The molecule has 1 heterocycles.